The number of aromatic nitrogens is 3. The van der Waals surface area contributed by atoms with Gasteiger partial charge in [0, 0.05) is 36.2 Å². The van der Waals surface area contributed by atoms with Crippen LogP contribution in [-0.2, 0) is 6.54 Å². The number of halogens is 1. The summed E-state index contributed by atoms with van der Waals surface area (Å²) in [5.41, 5.74) is 1.15. The van der Waals surface area contributed by atoms with E-state index in [1.807, 2.05) is 18.5 Å². The van der Waals surface area contributed by atoms with E-state index in [1.54, 1.807) is 12.3 Å². The van der Waals surface area contributed by atoms with E-state index in [4.69, 9.17) is 11.6 Å². The predicted octanol–water partition coefficient (Wildman–Crippen LogP) is 3.56. The number of hydrogen-bond donors (Lipinski definition) is 1. The van der Waals surface area contributed by atoms with Crippen molar-refractivity contribution in [3.05, 3.63) is 41.3 Å². The van der Waals surface area contributed by atoms with Gasteiger partial charge >= 0.3 is 0 Å². The molecule has 0 aromatic carbocycles. The molecular formula is C14H17ClN4S. The maximum Gasteiger partial charge on any atom is 0.193 e. The lowest BCUT2D eigenvalue weighted by atomic mass is 10.1. The molecule has 0 bridgehead atoms. The van der Waals surface area contributed by atoms with Crippen molar-refractivity contribution < 1.29 is 0 Å². The standard InChI is InChI=1S/C14H17ClN4S/c1-14(2,3)19-8-10-6-17-13(18-7-10)20-12-5-4-11(15)9-16-12/h4-7,9,19H,8H2,1-3H3. The number of nitrogens with zero attached hydrogens (tertiary/aromatic N) is 3. The van der Waals surface area contributed by atoms with E-state index >= 15 is 0 Å². The van der Waals surface area contributed by atoms with Crippen LogP contribution in [0.1, 0.15) is 26.3 Å². The van der Waals surface area contributed by atoms with E-state index in [0.717, 1.165) is 17.1 Å². The quantitative estimate of drug-likeness (QED) is 0.875. The van der Waals surface area contributed by atoms with Crippen LogP contribution >= 0.6 is 23.4 Å². The Morgan fingerprint density at radius 1 is 1.10 bits per heavy atom. The van der Waals surface area contributed by atoms with Gasteiger partial charge in [-0.05, 0) is 44.7 Å². The van der Waals surface area contributed by atoms with Gasteiger partial charge in [-0.1, -0.05) is 11.6 Å². The molecule has 20 heavy (non-hydrogen) atoms. The maximum absolute atomic E-state index is 5.80. The monoisotopic (exact) mass is 308 g/mol. The molecule has 106 valence electrons. The minimum Gasteiger partial charge on any atom is -0.308 e. The molecule has 0 aliphatic heterocycles. The van der Waals surface area contributed by atoms with Crippen LogP contribution in [-0.4, -0.2) is 20.5 Å². The molecule has 0 aliphatic carbocycles. The Labute approximate surface area is 128 Å². The van der Waals surface area contributed by atoms with Crippen LogP contribution in [0, 0.1) is 0 Å². The SMILES string of the molecule is CC(C)(C)NCc1cnc(Sc2ccc(Cl)cn2)nc1. The van der Waals surface area contributed by atoms with Crippen LogP contribution in [0.25, 0.3) is 0 Å². The Balaban J connectivity index is 1.96. The van der Waals surface area contributed by atoms with Crippen LogP contribution in [0.2, 0.25) is 5.02 Å². The van der Waals surface area contributed by atoms with E-state index < -0.39 is 0 Å². The summed E-state index contributed by atoms with van der Waals surface area (Å²) in [6.07, 6.45) is 5.29. The first kappa shape index (κ1) is 15.2. The Hall–Kier alpha value is -1.17. The van der Waals surface area contributed by atoms with E-state index in [2.05, 4.69) is 41.0 Å². The van der Waals surface area contributed by atoms with Gasteiger partial charge in [0.2, 0.25) is 0 Å². The summed E-state index contributed by atoms with van der Waals surface area (Å²) in [6.45, 7) is 7.15. The average molecular weight is 309 g/mol. The highest BCUT2D eigenvalue weighted by Gasteiger charge is 2.09. The molecule has 0 spiro atoms. The van der Waals surface area contributed by atoms with Gasteiger partial charge in [0.1, 0.15) is 5.03 Å². The van der Waals surface area contributed by atoms with Crippen LogP contribution < -0.4 is 5.32 Å². The molecule has 0 saturated carbocycles. The Bertz CT molecular complexity index is 549. The fourth-order valence-corrected chi connectivity index (χ4v) is 2.12. The van der Waals surface area contributed by atoms with Gasteiger partial charge in [-0.15, -0.1) is 0 Å². The summed E-state index contributed by atoms with van der Waals surface area (Å²) >= 11 is 7.21. The van der Waals surface area contributed by atoms with Crippen LogP contribution in [0.15, 0.2) is 40.9 Å². The Kier molecular flexibility index (Phi) is 4.96. The van der Waals surface area contributed by atoms with Crippen molar-refractivity contribution >= 4 is 23.4 Å². The normalized spacial score (nSPS) is 11.6. The van der Waals surface area contributed by atoms with Gasteiger partial charge < -0.3 is 5.32 Å². The summed E-state index contributed by atoms with van der Waals surface area (Å²) in [7, 11) is 0. The zero-order valence-corrected chi connectivity index (χ0v) is 13.3. The molecule has 0 radical (unpaired) electrons. The minimum absolute atomic E-state index is 0.0840. The van der Waals surface area contributed by atoms with E-state index in [9.17, 15) is 0 Å². The lowest BCUT2D eigenvalue weighted by Gasteiger charge is -2.20. The summed E-state index contributed by atoms with van der Waals surface area (Å²) < 4.78 is 0. The number of nitrogens with one attached hydrogen (secondary N) is 1. The summed E-state index contributed by atoms with van der Waals surface area (Å²) in [5, 5.41) is 5.53. The second kappa shape index (κ2) is 6.52. The molecule has 2 aromatic rings. The van der Waals surface area contributed by atoms with Gasteiger partial charge in [-0.3, -0.25) is 0 Å². The Morgan fingerprint density at radius 3 is 2.35 bits per heavy atom. The van der Waals surface area contributed by atoms with Crippen molar-refractivity contribution in [1.82, 2.24) is 20.3 Å². The van der Waals surface area contributed by atoms with Gasteiger partial charge in [0.15, 0.2) is 5.16 Å². The fraction of sp³-hybridized carbons (Fsp3) is 0.357. The number of hydrogen-bond acceptors (Lipinski definition) is 5. The second-order valence-electron chi connectivity index (χ2n) is 5.39. The van der Waals surface area contributed by atoms with Gasteiger partial charge in [0.05, 0.1) is 5.02 Å². The molecule has 0 aliphatic rings. The van der Waals surface area contributed by atoms with Crippen molar-refractivity contribution in [1.29, 1.82) is 0 Å². The van der Waals surface area contributed by atoms with Crippen molar-refractivity contribution in [2.75, 3.05) is 0 Å². The molecule has 2 rings (SSSR count). The smallest absolute Gasteiger partial charge is 0.193 e. The highest BCUT2D eigenvalue weighted by molar-refractivity contribution is 7.99. The van der Waals surface area contributed by atoms with Crippen molar-refractivity contribution in [2.24, 2.45) is 0 Å². The van der Waals surface area contributed by atoms with Crippen molar-refractivity contribution in [3.8, 4) is 0 Å². The van der Waals surface area contributed by atoms with E-state index in [0.29, 0.717) is 10.2 Å². The average Bonchev–Trinajstić information content (AvgIpc) is 2.40. The molecule has 0 unspecified atom stereocenters. The highest BCUT2D eigenvalue weighted by atomic mass is 35.5. The van der Waals surface area contributed by atoms with Crippen LogP contribution in [0.4, 0.5) is 0 Å². The largest absolute Gasteiger partial charge is 0.308 e. The molecule has 4 nitrogen and oxygen atoms in total. The lowest BCUT2D eigenvalue weighted by molar-refractivity contribution is 0.423. The zero-order chi connectivity index (χ0) is 14.6. The van der Waals surface area contributed by atoms with Crippen LogP contribution in [0.3, 0.4) is 0 Å². The van der Waals surface area contributed by atoms with Crippen LogP contribution in [0.5, 0.6) is 0 Å². The third-order valence-corrected chi connectivity index (χ3v) is 3.47. The third-order valence-electron chi connectivity index (χ3n) is 2.40. The second-order valence-corrected chi connectivity index (χ2v) is 6.82. The molecule has 0 saturated heterocycles. The van der Waals surface area contributed by atoms with Crippen molar-refractivity contribution in [2.45, 2.75) is 43.0 Å². The number of pyridine rings is 1. The maximum atomic E-state index is 5.80. The minimum atomic E-state index is 0.0840. The van der Waals surface area contributed by atoms with Gasteiger partial charge in [-0.2, -0.15) is 0 Å². The zero-order valence-electron chi connectivity index (χ0n) is 11.7. The summed E-state index contributed by atoms with van der Waals surface area (Å²) in [4.78, 5) is 12.9. The molecule has 2 aromatic heterocycles. The summed E-state index contributed by atoms with van der Waals surface area (Å²) in [6, 6.07) is 3.66. The number of rotatable bonds is 4. The first-order chi connectivity index (χ1) is 9.42. The van der Waals surface area contributed by atoms with Gasteiger partial charge in [0.25, 0.3) is 0 Å². The lowest BCUT2D eigenvalue weighted by Crippen LogP contribution is -2.35. The van der Waals surface area contributed by atoms with Crippen molar-refractivity contribution in [3.63, 3.8) is 0 Å². The molecule has 0 atom stereocenters. The summed E-state index contributed by atoms with van der Waals surface area (Å²) in [5.74, 6) is 0. The van der Waals surface area contributed by atoms with Gasteiger partial charge in [-0.25, -0.2) is 15.0 Å². The highest BCUT2D eigenvalue weighted by Crippen LogP contribution is 2.23. The first-order valence-corrected chi connectivity index (χ1v) is 7.47. The molecular weight excluding hydrogens is 292 g/mol. The molecule has 0 amide bonds. The fourth-order valence-electron chi connectivity index (χ4n) is 1.37. The first-order valence-electron chi connectivity index (χ1n) is 6.28. The third kappa shape index (κ3) is 5.07. The molecule has 0 fully saturated rings. The molecule has 2 heterocycles. The topological polar surface area (TPSA) is 50.7 Å². The molecule has 6 heteroatoms. The molecule has 1 N–H and O–H groups in total. The van der Waals surface area contributed by atoms with E-state index in [1.165, 1.54) is 11.8 Å². The van der Waals surface area contributed by atoms with E-state index in [-0.39, 0.29) is 5.54 Å². The predicted molar refractivity (Wildman–Crippen MR) is 82.0 cm³/mol. The Morgan fingerprint density at radius 2 is 1.80 bits per heavy atom.